The van der Waals surface area contributed by atoms with Crippen LogP contribution in [-0.4, -0.2) is 43.4 Å². The standard InChI is InChI=1S/C30H35FN2O5/c1-7-20(34)16-37-21-10-11-23(27(15-21)36-6)22-12-13-25-28(33(5)29(35)30(3,4)32-25)24(22)17-38-26-14-19(31)9-8-18(26)2/h8-15,20,32,34H,7,16-17H2,1-6H3/t20-/m0/s1. The number of aliphatic hydroxyl groups is 1. The molecule has 0 bridgehead atoms. The summed E-state index contributed by atoms with van der Waals surface area (Å²) in [6.45, 7) is 7.69. The minimum absolute atomic E-state index is 0.0875. The van der Waals surface area contributed by atoms with Gasteiger partial charge >= 0.3 is 0 Å². The predicted octanol–water partition coefficient (Wildman–Crippen LogP) is 5.71. The SMILES string of the molecule is CC[C@H](O)COc1ccc(-c2ccc3c(c2COc2cc(F)ccc2C)N(C)C(=O)C(C)(C)N3)c(OC)c1. The average Bonchev–Trinajstić information content (AvgIpc) is 2.90. The van der Waals surface area contributed by atoms with Crippen molar-refractivity contribution in [3.63, 3.8) is 0 Å². The van der Waals surface area contributed by atoms with Crippen molar-refractivity contribution in [1.29, 1.82) is 0 Å². The zero-order chi connectivity index (χ0) is 27.6. The van der Waals surface area contributed by atoms with Crippen LogP contribution in [0.4, 0.5) is 15.8 Å². The molecule has 0 saturated carbocycles. The third-order valence-electron chi connectivity index (χ3n) is 6.80. The molecule has 3 aromatic carbocycles. The molecule has 38 heavy (non-hydrogen) atoms. The van der Waals surface area contributed by atoms with Crippen LogP contribution in [0.25, 0.3) is 11.1 Å². The van der Waals surface area contributed by atoms with E-state index in [1.807, 2.05) is 52.0 Å². The Bertz CT molecular complexity index is 1340. The normalized spacial score (nSPS) is 14.9. The van der Waals surface area contributed by atoms with E-state index in [4.69, 9.17) is 14.2 Å². The number of carbonyl (C=O) groups is 1. The smallest absolute Gasteiger partial charge is 0.251 e. The second-order valence-electron chi connectivity index (χ2n) is 10.0. The van der Waals surface area contributed by atoms with Crippen LogP contribution < -0.4 is 24.4 Å². The van der Waals surface area contributed by atoms with Gasteiger partial charge in [0.05, 0.1) is 24.6 Å². The summed E-state index contributed by atoms with van der Waals surface area (Å²) in [5, 5.41) is 13.2. The molecule has 7 nitrogen and oxygen atoms in total. The number of nitrogens with zero attached hydrogens (tertiary/aromatic N) is 1. The van der Waals surface area contributed by atoms with Crippen LogP contribution in [0.15, 0.2) is 48.5 Å². The van der Waals surface area contributed by atoms with Gasteiger partial charge in [0.2, 0.25) is 0 Å². The van der Waals surface area contributed by atoms with E-state index in [2.05, 4.69) is 5.32 Å². The van der Waals surface area contributed by atoms with E-state index in [0.29, 0.717) is 29.4 Å². The molecule has 1 amide bonds. The number of fused-ring (bicyclic) bond motifs is 1. The first-order valence-electron chi connectivity index (χ1n) is 12.7. The number of ether oxygens (including phenoxy) is 3. The first-order valence-corrected chi connectivity index (χ1v) is 12.7. The van der Waals surface area contributed by atoms with Gasteiger partial charge in [0, 0.05) is 30.3 Å². The third kappa shape index (κ3) is 5.41. The van der Waals surface area contributed by atoms with Crippen molar-refractivity contribution >= 4 is 17.3 Å². The number of nitrogens with one attached hydrogen (secondary N) is 1. The number of anilines is 2. The van der Waals surface area contributed by atoms with Gasteiger partial charge in [-0.2, -0.15) is 0 Å². The molecule has 4 rings (SSSR count). The molecule has 0 aromatic heterocycles. The molecular formula is C30H35FN2O5. The minimum atomic E-state index is -0.778. The minimum Gasteiger partial charge on any atom is -0.496 e. The van der Waals surface area contributed by atoms with Crippen molar-refractivity contribution in [2.75, 3.05) is 31.0 Å². The van der Waals surface area contributed by atoms with Crippen LogP contribution in [0.3, 0.4) is 0 Å². The molecule has 2 N–H and O–H groups in total. The second-order valence-corrected chi connectivity index (χ2v) is 10.0. The van der Waals surface area contributed by atoms with Gasteiger partial charge in [-0.15, -0.1) is 0 Å². The Hall–Kier alpha value is -3.78. The molecule has 0 unspecified atom stereocenters. The number of carbonyl (C=O) groups excluding carboxylic acids is 1. The number of hydrogen-bond donors (Lipinski definition) is 2. The molecule has 202 valence electrons. The lowest BCUT2D eigenvalue weighted by atomic mass is 9.91. The first-order chi connectivity index (χ1) is 18.1. The van der Waals surface area contributed by atoms with Gasteiger partial charge in [0.15, 0.2) is 0 Å². The summed E-state index contributed by atoms with van der Waals surface area (Å²) in [5.41, 5.74) is 3.83. The quantitative estimate of drug-likeness (QED) is 0.375. The number of hydrogen-bond acceptors (Lipinski definition) is 6. The average molecular weight is 523 g/mol. The molecular weight excluding hydrogens is 487 g/mol. The van der Waals surface area contributed by atoms with Gasteiger partial charge in [-0.1, -0.05) is 19.1 Å². The molecule has 3 aromatic rings. The Morgan fingerprint density at radius 3 is 2.50 bits per heavy atom. The lowest BCUT2D eigenvalue weighted by molar-refractivity contribution is -0.121. The maximum Gasteiger partial charge on any atom is 0.251 e. The van der Waals surface area contributed by atoms with E-state index >= 15 is 0 Å². The summed E-state index contributed by atoms with van der Waals surface area (Å²) in [4.78, 5) is 14.9. The topological polar surface area (TPSA) is 80.3 Å². The van der Waals surface area contributed by atoms with Gasteiger partial charge in [-0.3, -0.25) is 4.79 Å². The van der Waals surface area contributed by atoms with E-state index in [9.17, 15) is 14.3 Å². The van der Waals surface area contributed by atoms with Gasteiger partial charge in [0.1, 0.15) is 41.8 Å². The fourth-order valence-corrected chi connectivity index (χ4v) is 4.60. The van der Waals surface area contributed by atoms with E-state index in [-0.39, 0.29) is 24.9 Å². The van der Waals surface area contributed by atoms with Crippen molar-refractivity contribution < 1.29 is 28.5 Å². The predicted molar refractivity (Wildman–Crippen MR) is 147 cm³/mol. The Labute approximate surface area is 223 Å². The Morgan fingerprint density at radius 1 is 1.05 bits per heavy atom. The van der Waals surface area contributed by atoms with Crippen molar-refractivity contribution in [3.8, 4) is 28.4 Å². The summed E-state index contributed by atoms with van der Waals surface area (Å²) in [6.07, 6.45) is 0.0384. The van der Waals surface area contributed by atoms with E-state index in [1.54, 1.807) is 31.2 Å². The summed E-state index contributed by atoms with van der Waals surface area (Å²) in [7, 11) is 3.32. The molecule has 8 heteroatoms. The number of likely N-dealkylation sites (N-methyl/N-ethyl adjacent to an activating group) is 1. The third-order valence-corrected chi connectivity index (χ3v) is 6.80. The molecule has 0 saturated heterocycles. The summed E-state index contributed by atoms with van der Waals surface area (Å²) < 4.78 is 31.6. The fourth-order valence-electron chi connectivity index (χ4n) is 4.60. The van der Waals surface area contributed by atoms with Crippen molar-refractivity contribution in [1.82, 2.24) is 0 Å². The van der Waals surface area contributed by atoms with Gasteiger partial charge in [0.25, 0.3) is 5.91 Å². The number of methoxy groups -OCH3 is 1. The molecule has 1 atom stereocenters. The van der Waals surface area contributed by atoms with E-state index < -0.39 is 11.6 Å². The van der Waals surface area contributed by atoms with Crippen LogP contribution in [-0.2, 0) is 11.4 Å². The van der Waals surface area contributed by atoms with Gasteiger partial charge in [-0.05, 0) is 62.6 Å². The second kappa shape index (κ2) is 10.9. The zero-order valence-electron chi connectivity index (χ0n) is 22.7. The number of benzene rings is 3. The number of aryl methyl sites for hydroxylation is 1. The molecule has 0 aliphatic carbocycles. The fraction of sp³-hybridized carbons (Fsp3) is 0.367. The summed E-state index contributed by atoms with van der Waals surface area (Å²) >= 11 is 0. The maximum atomic E-state index is 14.0. The van der Waals surface area contributed by atoms with Crippen molar-refractivity contribution in [2.45, 2.75) is 52.4 Å². The van der Waals surface area contributed by atoms with Crippen LogP contribution in [0.2, 0.25) is 0 Å². The highest BCUT2D eigenvalue weighted by Crippen LogP contribution is 2.45. The number of rotatable bonds is 9. The van der Waals surface area contributed by atoms with Crippen LogP contribution >= 0.6 is 0 Å². The van der Waals surface area contributed by atoms with Gasteiger partial charge < -0.3 is 29.5 Å². The molecule has 0 radical (unpaired) electrons. The highest BCUT2D eigenvalue weighted by atomic mass is 19.1. The molecule has 1 aliphatic rings. The number of halogens is 1. The molecule has 1 aliphatic heterocycles. The molecule has 0 fully saturated rings. The van der Waals surface area contributed by atoms with Crippen LogP contribution in [0.5, 0.6) is 17.2 Å². The van der Waals surface area contributed by atoms with Crippen LogP contribution in [0.1, 0.15) is 38.3 Å². The molecule has 0 spiro atoms. The van der Waals surface area contributed by atoms with Crippen molar-refractivity contribution in [3.05, 3.63) is 65.5 Å². The number of amides is 1. The maximum absolute atomic E-state index is 14.0. The van der Waals surface area contributed by atoms with E-state index in [0.717, 1.165) is 27.9 Å². The van der Waals surface area contributed by atoms with E-state index in [1.165, 1.54) is 12.1 Å². The Balaban J connectivity index is 1.81. The summed E-state index contributed by atoms with van der Waals surface area (Å²) in [5.74, 6) is 1.09. The highest BCUT2D eigenvalue weighted by Gasteiger charge is 2.38. The Morgan fingerprint density at radius 2 is 1.79 bits per heavy atom. The first kappa shape index (κ1) is 27.3. The molecule has 1 heterocycles. The number of aliphatic hydroxyl groups excluding tert-OH is 1. The Kier molecular flexibility index (Phi) is 7.83. The van der Waals surface area contributed by atoms with Gasteiger partial charge in [-0.25, -0.2) is 4.39 Å². The monoisotopic (exact) mass is 522 g/mol. The zero-order valence-corrected chi connectivity index (χ0v) is 22.7. The summed E-state index contributed by atoms with van der Waals surface area (Å²) in [6, 6.07) is 13.8. The highest BCUT2D eigenvalue weighted by molar-refractivity contribution is 6.08. The lowest BCUT2D eigenvalue weighted by Gasteiger charge is -2.39. The van der Waals surface area contributed by atoms with Crippen molar-refractivity contribution in [2.24, 2.45) is 0 Å². The largest absolute Gasteiger partial charge is 0.496 e. The van der Waals surface area contributed by atoms with Crippen LogP contribution in [0, 0.1) is 12.7 Å². The lowest BCUT2D eigenvalue weighted by Crippen LogP contribution is -2.52.